The number of pyridine rings is 2. The van der Waals surface area contributed by atoms with E-state index in [0.717, 1.165) is 24.5 Å². The van der Waals surface area contributed by atoms with Crippen molar-refractivity contribution in [3.05, 3.63) is 53.8 Å². The molecule has 1 aliphatic rings. The Morgan fingerprint density at radius 3 is 2.81 bits per heavy atom. The molecule has 5 rings (SSSR count). The highest BCUT2D eigenvalue weighted by atomic mass is 16.5. The average Bonchev–Trinajstić information content (AvgIpc) is 3.26. The van der Waals surface area contributed by atoms with E-state index < -0.39 is 0 Å². The summed E-state index contributed by atoms with van der Waals surface area (Å²) in [6.45, 7) is 15.6. The SMILES string of the molecule is [C-]#[N+]c1cc(C)c(Oc2cc(Nc3ccc(N4CCO[C@H](C(C)C)C4)nn3)c3ncn(C)c3n2)cn1. The first-order chi connectivity index (χ1) is 17.4. The van der Waals surface area contributed by atoms with Crippen LogP contribution in [0.4, 0.5) is 23.1 Å². The normalized spacial score (nSPS) is 15.8. The van der Waals surface area contributed by atoms with E-state index in [1.54, 1.807) is 18.5 Å². The fourth-order valence-electron chi connectivity index (χ4n) is 4.02. The molecule has 1 atom stereocenters. The lowest BCUT2D eigenvalue weighted by Crippen LogP contribution is -2.45. The molecule has 0 aromatic carbocycles. The summed E-state index contributed by atoms with van der Waals surface area (Å²) < 4.78 is 13.7. The Hall–Kier alpha value is -4.30. The number of morpholine rings is 1. The molecule has 0 aliphatic carbocycles. The molecule has 0 saturated carbocycles. The minimum absolute atomic E-state index is 0.183. The molecule has 1 N–H and O–H groups in total. The third-order valence-corrected chi connectivity index (χ3v) is 6.10. The Labute approximate surface area is 208 Å². The highest BCUT2D eigenvalue weighted by molar-refractivity contribution is 5.88. The minimum atomic E-state index is 0.183. The first kappa shape index (κ1) is 23.4. The number of anilines is 3. The summed E-state index contributed by atoms with van der Waals surface area (Å²) in [5.74, 6) is 3.05. The number of hydrogen-bond donors (Lipinski definition) is 1. The van der Waals surface area contributed by atoms with Gasteiger partial charge in [0.2, 0.25) is 5.88 Å². The lowest BCUT2D eigenvalue weighted by atomic mass is 10.1. The predicted molar refractivity (Wildman–Crippen MR) is 136 cm³/mol. The topological polar surface area (TPSA) is 107 Å². The molecule has 0 bridgehead atoms. The molecule has 4 aromatic rings. The lowest BCUT2D eigenvalue weighted by Gasteiger charge is -2.35. The molecule has 4 aromatic heterocycles. The largest absolute Gasteiger partial charge is 0.435 e. The van der Waals surface area contributed by atoms with Gasteiger partial charge in [-0.05, 0) is 36.6 Å². The van der Waals surface area contributed by atoms with Gasteiger partial charge < -0.3 is 29.1 Å². The summed E-state index contributed by atoms with van der Waals surface area (Å²) in [6.07, 6.45) is 3.41. The van der Waals surface area contributed by atoms with Crippen LogP contribution in [0.2, 0.25) is 0 Å². The zero-order valence-corrected chi connectivity index (χ0v) is 20.6. The summed E-state index contributed by atoms with van der Waals surface area (Å²) in [5.41, 5.74) is 2.81. The van der Waals surface area contributed by atoms with Gasteiger partial charge in [-0.25, -0.2) is 4.98 Å². The highest BCUT2D eigenvalue weighted by Gasteiger charge is 2.24. The van der Waals surface area contributed by atoms with Gasteiger partial charge in [0.05, 0.1) is 24.7 Å². The molecule has 184 valence electrons. The van der Waals surface area contributed by atoms with Crippen LogP contribution >= 0.6 is 0 Å². The number of ether oxygens (including phenoxy) is 2. The zero-order chi connectivity index (χ0) is 25.2. The van der Waals surface area contributed by atoms with Crippen LogP contribution in [0.25, 0.3) is 16.0 Å². The van der Waals surface area contributed by atoms with Gasteiger partial charge in [0.25, 0.3) is 5.82 Å². The predicted octanol–water partition coefficient (Wildman–Crippen LogP) is 4.41. The van der Waals surface area contributed by atoms with Crippen LogP contribution in [0.5, 0.6) is 11.6 Å². The van der Waals surface area contributed by atoms with E-state index in [2.05, 4.69) is 54.1 Å². The summed E-state index contributed by atoms with van der Waals surface area (Å²) in [6, 6.07) is 7.30. The van der Waals surface area contributed by atoms with Crippen molar-refractivity contribution in [2.24, 2.45) is 13.0 Å². The Kier molecular flexibility index (Phi) is 6.35. The lowest BCUT2D eigenvalue weighted by molar-refractivity contribution is 0.0111. The van der Waals surface area contributed by atoms with Crippen molar-refractivity contribution in [2.75, 3.05) is 29.9 Å². The first-order valence-corrected chi connectivity index (χ1v) is 11.7. The van der Waals surface area contributed by atoms with Crippen molar-refractivity contribution in [3.63, 3.8) is 0 Å². The van der Waals surface area contributed by atoms with E-state index in [1.807, 2.05) is 30.7 Å². The molecule has 0 unspecified atom stereocenters. The molecule has 36 heavy (non-hydrogen) atoms. The maximum Gasteiger partial charge on any atom is 0.269 e. The number of rotatable bonds is 6. The van der Waals surface area contributed by atoms with Crippen molar-refractivity contribution < 1.29 is 9.47 Å². The van der Waals surface area contributed by atoms with Gasteiger partial charge in [-0.15, -0.1) is 15.2 Å². The van der Waals surface area contributed by atoms with Crippen molar-refractivity contribution in [1.29, 1.82) is 0 Å². The summed E-state index contributed by atoms with van der Waals surface area (Å²) in [7, 11) is 1.87. The van der Waals surface area contributed by atoms with Gasteiger partial charge in [-0.3, -0.25) is 0 Å². The quantitative estimate of drug-likeness (QED) is 0.397. The Morgan fingerprint density at radius 1 is 1.22 bits per heavy atom. The summed E-state index contributed by atoms with van der Waals surface area (Å²) in [4.78, 5) is 18.8. The molecular weight excluding hydrogens is 458 g/mol. The third kappa shape index (κ3) is 4.76. The Morgan fingerprint density at radius 2 is 2.08 bits per heavy atom. The molecule has 0 amide bonds. The number of aryl methyl sites for hydroxylation is 2. The summed E-state index contributed by atoms with van der Waals surface area (Å²) in [5, 5.41) is 12.2. The van der Waals surface area contributed by atoms with E-state index >= 15 is 0 Å². The van der Waals surface area contributed by atoms with Crippen molar-refractivity contribution in [1.82, 2.24) is 29.7 Å². The monoisotopic (exact) mass is 485 g/mol. The fourth-order valence-corrected chi connectivity index (χ4v) is 4.02. The molecule has 5 heterocycles. The second-order valence-corrected chi connectivity index (χ2v) is 9.06. The van der Waals surface area contributed by atoms with Gasteiger partial charge in [0, 0.05) is 26.2 Å². The number of aromatic nitrogens is 6. The van der Waals surface area contributed by atoms with Gasteiger partial charge in [-0.2, -0.15) is 4.98 Å². The van der Waals surface area contributed by atoms with Crippen LogP contribution in [0.1, 0.15) is 19.4 Å². The van der Waals surface area contributed by atoms with Gasteiger partial charge >= 0.3 is 0 Å². The number of nitrogens with one attached hydrogen (secondary N) is 1. The molecule has 0 radical (unpaired) electrons. The molecule has 11 heteroatoms. The van der Waals surface area contributed by atoms with Crippen LogP contribution in [0, 0.1) is 19.4 Å². The van der Waals surface area contributed by atoms with Crippen molar-refractivity contribution >= 4 is 34.3 Å². The summed E-state index contributed by atoms with van der Waals surface area (Å²) >= 11 is 0. The van der Waals surface area contributed by atoms with Crippen LogP contribution in [0.3, 0.4) is 0 Å². The second-order valence-electron chi connectivity index (χ2n) is 9.06. The minimum Gasteiger partial charge on any atom is -0.435 e. The van der Waals surface area contributed by atoms with E-state index in [0.29, 0.717) is 52.6 Å². The third-order valence-electron chi connectivity index (χ3n) is 6.10. The Balaban J connectivity index is 1.39. The molecule has 1 fully saturated rings. The van der Waals surface area contributed by atoms with Gasteiger partial charge in [0.15, 0.2) is 29.2 Å². The molecular formula is C25H27N9O2. The number of nitrogens with zero attached hydrogens (tertiary/aromatic N) is 8. The van der Waals surface area contributed by atoms with E-state index in [-0.39, 0.29) is 6.10 Å². The Bertz CT molecular complexity index is 1430. The standard InChI is InChI=1S/C25H27N9O2/c1-15(2)19-13-34(8-9-35-19)22-7-6-20(31-32-22)29-17-11-23(30-25-24(17)28-14-33(25)5)36-18-12-27-21(26-4)10-16(18)3/h6-7,10-12,14-15,19H,8-9,13H2,1-3,5H3,(H,29,30,31)/t19-/m0/s1. The molecule has 1 saturated heterocycles. The van der Waals surface area contributed by atoms with Crippen LogP contribution in [-0.4, -0.2) is 55.5 Å². The highest BCUT2D eigenvalue weighted by Crippen LogP contribution is 2.32. The maximum atomic E-state index is 7.13. The maximum absolute atomic E-state index is 7.13. The number of imidazole rings is 1. The van der Waals surface area contributed by atoms with Crippen molar-refractivity contribution in [3.8, 4) is 11.6 Å². The van der Waals surface area contributed by atoms with E-state index in [4.69, 9.17) is 16.0 Å². The number of hydrogen-bond acceptors (Lipinski definition) is 9. The fraction of sp³-hybridized carbons (Fsp3) is 0.360. The van der Waals surface area contributed by atoms with Gasteiger partial charge in [-0.1, -0.05) is 20.4 Å². The average molecular weight is 486 g/mol. The molecule has 0 spiro atoms. The first-order valence-electron chi connectivity index (χ1n) is 11.7. The van der Waals surface area contributed by atoms with Gasteiger partial charge in [0.1, 0.15) is 5.52 Å². The van der Waals surface area contributed by atoms with E-state index in [9.17, 15) is 0 Å². The van der Waals surface area contributed by atoms with Crippen LogP contribution < -0.4 is 15.0 Å². The zero-order valence-electron chi connectivity index (χ0n) is 20.6. The van der Waals surface area contributed by atoms with E-state index in [1.165, 1.54) is 6.20 Å². The molecule has 1 aliphatic heterocycles. The number of fused-ring (bicyclic) bond motifs is 1. The van der Waals surface area contributed by atoms with Crippen LogP contribution in [-0.2, 0) is 11.8 Å². The van der Waals surface area contributed by atoms with Crippen LogP contribution in [0.15, 0.2) is 36.8 Å². The van der Waals surface area contributed by atoms with Crippen molar-refractivity contribution in [2.45, 2.75) is 26.9 Å². The molecule has 11 nitrogen and oxygen atoms in total. The smallest absolute Gasteiger partial charge is 0.269 e. The second kappa shape index (κ2) is 9.75.